The van der Waals surface area contributed by atoms with Gasteiger partial charge in [-0.15, -0.1) is 0 Å². The molecule has 0 saturated heterocycles. The second-order valence-electron chi connectivity index (χ2n) is 3.86. The van der Waals surface area contributed by atoms with E-state index in [1.54, 1.807) is 19.1 Å². The van der Waals surface area contributed by atoms with Gasteiger partial charge in [0.1, 0.15) is 23.1 Å². The molecule has 0 saturated carbocycles. The molecule has 2 rings (SSSR count). The highest BCUT2D eigenvalue weighted by Crippen LogP contribution is 2.22. The van der Waals surface area contributed by atoms with Gasteiger partial charge in [0.2, 0.25) is 0 Å². The van der Waals surface area contributed by atoms with Crippen molar-refractivity contribution in [2.24, 2.45) is 4.99 Å². The van der Waals surface area contributed by atoms with E-state index < -0.39 is 11.6 Å². The summed E-state index contributed by atoms with van der Waals surface area (Å²) >= 11 is 0. The number of nitrogens with zero attached hydrogens (tertiary/aromatic N) is 1. The summed E-state index contributed by atoms with van der Waals surface area (Å²) < 4.78 is 26.3. The van der Waals surface area contributed by atoms with Crippen molar-refractivity contribution >= 4 is 11.9 Å². The fourth-order valence-electron chi connectivity index (χ4n) is 1.55. The molecule has 0 bridgehead atoms. The van der Waals surface area contributed by atoms with Crippen LogP contribution < -0.4 is 0 Å². The monoisotopic (exact) mass is 247 g/mol. The van der Waals surface area contributed by atoms with Crippen LogP contribution in [0.2, 0.25) is 0 Å². The second-order valence-corrected chi connectivity index (χ2v) is 3.86. The molecule has 0 atom stereocenters. The number of hydrogen-bond donors (Lipinski definition) is 1. The maximum Gasteiger partial charge on any atom is 0.149 e. The summed E-state index contributed by atoms with van der Waals surface area (Å²) in [5.41, 5.74) is 1.19. The van der Waals surface area contributed by atoms with Crippen molar-refractivity contribution in [1.82, 2.24) is 0 Å². The lowest BCUT2D eigenvalue weighted by atomic mass is 10.1. The van der Waals surface area contributed by atoms with E-state index in [1.165, 1.54) is 12.3 Å². The highest BCUT2D eigenvalue weighted by Gasteiger charge is 2.04. The van der Waals surface area contributed by atoms with E-state index in [9.17, 15) is 13.9 Å². The maximum atomic E-state index is 13.3. The molecule has 0 radical (unpaired) electrons. The number of phenolic OH excluding ortho intramolecular Hbond substituents is 1. The first-order valence-electron chi connectivity index (χ1n) is 5.35. The molecule has 0 aliphatic carbocycles. The Balaban J connectivity index is 2.39. The molecule has 0 amide bonds. The molecular weight excluding hydrogens is 236 g/mol. The number of rotatable bonds is 2. The van der Waals surface area contributed by atoms with E-state index in [-0.39, 0.29) is 11.4 Å². The quantitative estimate of drug-likeness (QED) is 0.806. The van der Waals surface area contributed by atoms with Crippen molar-refractivity contribution in [3.05, 3.63) is 59.2 Å². The lowest BCUT2D eigenvalue weighted by molar-refractivity contribution is 0.474. The average molecular weight is 247 g/mol. The van der Waals surface area contributed by atoms with Crippen LogP contribution in [-0.2, 0) is 0 Å². The lowest BCUT2D eigenvalue weighted by Gasteiger charge is -2.02. The first-order chi connectivity index (χ1) is 8.58. The standard InChI is InChI=1S/C14H11F2NO/c1-9-3-2-4-14(18)11(9)8-17-13-7-10(15)5-6-12(13)16/h2-8,18H,1H3. The van der Waals surface area contributed by atoms with E-state index in [4.69, 9.17) is 0 Å². The molecule has 0 aliphatic heterocycles. The van der Waals surface area contributed by atoms with Crippen LogP contribution in [0.5, 0.6) is 5.75 Å². The topological polar surface area (TPSA) is 32.6 Å². The molecule has 0 aliphatic rings. The van der Waals surface area contributed by atoms with E-state index >= 15 is 0 Å². The minimum Gasteiger partial charge on any atom is -0.507 e. The van der Waals surface area contributed by atoms with Crippen LogP contribution >= 0.6 is 0 Å². The molecule has 1 N–H and O–H groups in total. The van der Waals surface area contributed by atoms with Crippen LogP contribution in [-0.4, -0.2) is 11.3 Å². The van der Waals surface area contributed by atoms with E-state index in [2.05, 4.69) is 4.99 Å². The lowest BCUT2D eigenvalue weighted by Crippen LogP contribution is -1.88. The first kappa shape index (κ1) is 12.2. The Morgan fingerprint density at radius 1 is 1.17 bits per heavy atom. The van der Waals surface area contributed by atoms with Crippen LogP contribution in [0.4, 0.5) is 14.5 Å². The normalized spacial score (nSPS) is 11.1. The van der Waals surface area contributed by atoms with Crippen molar-refractivity contribution in [2.45, 2.75) is 6.92 Å². The number of benzene rings is 2. The smallest absolute Gasteiger partial charge is 0.149 e. The predicted molar refractivity (Wildman–Crippen MR) is 66.5 cm³/mol. The molecule has 2 nitrogen and oxygen atoms in total. The summed E-state index contributed by atoms with van der Waals surface area (Å²) in [5.74, 6) is -1.12. The Morgan fingerprint density at radius 3 is 2.67 bits per heavy atom. The molecule has 18 heavy (non-hydrogen) atoms. The van der Waals surface area contributed by atoms with Gasteiger partial charge in [0.15, 0.2) is 0 Å². The van der Waals surface area contributed by atoms with Crippen molar-refractivity contribution in [3.8, 4) is 5.75 Å². The number of aromatic hydroxyl groups is 1. The zero-order chi connectivity index (χ0) is 13.1. The fraction of sp³-hybridized carbons (Fsp3) is 0.0714. The molecule has 0 fully saturated rings. The number of halogens is 2. The first-order valence-corrected chi connectivity index (χ1v) is 5.35. The van der Waals surface area contributed by atoms with Crippen LogP contribution in [0.3, 0.4) is 0 Å². The SMILES string of the molecule is Cc1cccc(O)c1C=Nc1cc(F)ccc1F. The molecule has 4 heteroatoms. The summed E-state index contributed by atoms with van der Waals surface area (Å²) in [6.45, 7) is 1.79. The third-order valence-electron chi connectivity index (χ3n) is 2.54. The maximum absolute atomic E-state index is 13.3. The van der Waals surface area contributed by atoms with Gasteiger partial charge in [-0.3, -0.25) is 4.99 Å². The molecule has 2 aromatic rings. The third-order valence-corrected chi connectivity index (χ3v) is 2.54. The number of hydrogen-bond acceptors (Lipinski definition) is 2. The summed E-state index contributed by atoms with van der Waals surface area (Å²) in [4.78, 5) is 3.86. The van der Waals surface area contributed by atoms with Gasteiger partial charge in [0, 0.05) is 17.8 Å². The van der Waals surface area contributed by atoms with Crippen LogP contribution in [0.25, 0.3) is 0 Å². The molecule has 92 valence electrons. The van der Waals surface area contributed by atoms with Gasteiger partial charge in [-0.1, -0.05) is 12.1 Å². The second kappa shape index (κ2) is 4.96. The Bertz CT molecular complexity index is 588. The minimum absolute atomic E-state index is 0.0514. The minimum atomic E-state index is -0.610. The Hall–Kier alpha value is -2.23. The number of aliphatic imine (C=N–C) groups is 1. The Labute approximate surface area is 103 Å². The number of phenols is 1. The van der Waals surface area contributed by atoms with Crippen molar-refractivity contribution in [3.63, 3.8) is 0 Å². The molecule has 0 heterocycles. The average Bonchev–Trinajstić information content (AvgIpc) is 2.33. The van der Waals surface area contributed by atoms with E-state index in [1.807, 2.05) is 0 Å². The third kappa shape index (κ3) is 2.53. The Morgan fingerprint density at radius 2 is 1.94 bits per heavy atom. The summed E-state index contributed by atoms with van der Waals surface area (Å²) in [7, 11) is 0. The highest BCUT2D eigenvalue weighted by molar-refractivity contribution is 5.87. The molecule has 0 aromatic heterocycles. The molecule has 0 unspecified atom stereocenters. The van der Waals surface area contributed by atoms with Gasteiger partial charge >= 0.3 is 0 Å². The zero-order valence-corrected chi connectivity index (χ0v) is 9.69. The Kier molecular flexibility index (Phi) is 3.37. The predicted octanol–water partition coefficient (Wildman–Crippen LogP) is 3.73. The van der Waals surface area contributed by atoms with Crippen LogP contribution in [0.15, 0.2) is 41.4 Å². The highest BCUT2D eigenvalue weighted by atomic mass is 19.1. The van der Waals surface area contributed by atoms with Gasteiger partial charge < -0.3 is 5.11 Å². The summed E-state index contributed by atoms with van der Waals surface area (Å²) in [5, 5.41) is 9.63. The van der Waals surface area contributed by atoms with Gasteiger partial charge in [-0.25, -0.2) is 8.78 Å². The zero-order valence-electron chi connectivity index (χ0n) is 9.69. The largest absolute Gasteiger partial charge is 0.507 e. The molecule has 2 aromatic carbocycles. The van der Waals surface area contributed by atoms with Gasteiger partial charge in [0.05, 0.1) is 0 Å². The van der Waals surface area contributed by atoms with Gasteiger partial charge in [0.25, 0.3) is 0 Å². The fourth-order valence-corrected chi connectivity index (χ4v) is 1.55. The molecular formula is C14H11F2NO. The van der Waals surface area contributed by atoms with Crippen molar-refractivity contribution in [1.29, 1.82) is 0 Å². The van der Waals surface area contributed by atoms with E-state index in [0.29, 0.717) is 5.56 Å². The van der Waals surface area contributed by atoms with Crippen LogP contribution in [0.1, 0.15) is 11.1 Å². The molecule has 0 spiro atoms. The van der Waals surface area contributed by atoms with Gasteiger partial charge in [-0.2, -0.15) is 0 Å². The van der Waals surface area contributed by atoms with Crippen molar-refractivity contribution < 1.29 is 13.9 Å². The van der Waals surface area contributed by atoms with Crippen molar-refractivity contribution in [2.75, 3.05) is 0 Å². The number of aryl methyl sites for hydroxylation is 1. The summed E-state index contributed by atoms with van der Waals surface area (Å²) in [6.07, 6.45) is 1.32. The summed E-state index contributed by atoms with van der Waals surface area (Å²) in [6, 6.07) is 8.05. The van der Waals surface area contributed by atoms with Crippen LogP contribution in [0, 0.1) is 18.6 Å². The van der Waals surface area contributed by atoms with E-state index in [0.717, 1.165) is 23.8 Å². The van der Waals surface area contributed by atoms with Gasteiger partial charge in [-0.05, 0) is 30.7 Å².